The Hall–Kier alpha value is -3.98. The molecule has 0 aliphatic rings. The second-order valence-corrected chi connectivity index (χ2v) is 6.19. The molecule has 0 saturated heterocycles. The molecule has 28 heavy (non-hydrogen) atoms. The minimum atomic E-state index is 0.768. The van der Waals surface area contributed by atoms with Gasteiger partial charge in [0.1, 0.15) is 11.5 Å². The molecule has 6 nitrogen and oxygen atoms in total. The van der Waals surface area contributed by atoms with Crippen LogP contribution < -0.4 is 5.32 Å². The van der Waals surface area contributed by atoms with E-state index in [1.807, 2.05) is 61.3 Å². The van der Waals surface area contributed by atoms with Gasteiger partial charge in [-0.1, -0.05) is 12.0 Å². The van der Waals surface area contributed by atoms with Crippen LogP contribution in [0.4, 0.5) is 5.82 Å². The molecule has 0 bridgehead atoms. The van der Waals surface area contributed by atoms with Crippen LogP contribution in [0, 0.1) is 11.8 Å². The molecule has 0 radical (unpaired) electrons. The minimum absolute atomic E-state index is 0.768. The molecule has 136 valence electrons. The maximum atomic E-state index is 4.62. The standard InChI is InChI=1S/C22H18N6/c1-23-22-11-17(10-21(27-22)20-5-3-4-8-26-20)18-9-16(12-24-13-18)6-7-19-14-25-15-28(19)2/h3-5,8-15H,1-2H3,(H,23,27). The summed E-state index contributed by atoms with van der Waals surface area (Å²) < 4.78 is 1.88. The van der Waals surface area contributed by atoms with E-state index in [1.54, 1.807) is 24.9 Å². The van der Waals surface area contributed by atoms with Gasteiger partial charge in [-0.2, -0.15) is 0 Å². The summed E-state index contributed by atoms with van der Waals surface area (Å²) in [6.07, 6.45) is 8.82. The van der Waals surface area contributed by atoms with Crippen molar-refractivity contribution in [2.24, 2.45) is 7.05 Å². The maximum Gasteiger partial charge on any atom is 0.127 e. The molecule has 4 heterocycles. The van der Waals surface area contributed by atoms with Crippen molar-refractivity contribution in [2.45, 2.75) is 0 Å². The molecule has 0 spiro atoms. The highest BCUT2D eigenvalue weighted by atomic mass is 15.0. The largest absolute Gasteiger partial charge is 0.373 e. The van der Waals surface area contributed by atoms with Gasteiger partial charge < -0.3 is 9.88 Å². The summed E-state index contributed by atoms with van der Waals surface area (Å²) in [5.41, 5.74) is 5.27. The van der Waals surface area contributed by atoms with E-state index < -0.39 is 0 Å². The van der Waals surface area contributed by atoms with Crippen molar-refractivity contribution in [3.63, 3.8) is 0 Å². The molecule has 0 unspecified atom stereocenters. The molecule has 4 rings (SSSR count). The predicted octanol–water partition coefficient (Wildman–Crippen LogP) is 3.38. The fourth-order valence-electron chi connectivity index (χ4n) is 2.75. The van der Waals surface area contributed by atoms with Crippen molar-refractivity contribution in [1.82, 2.24) is 24.5 Å². The fourth-order valence-corrected chi connectivity index (χ4v) is 2.75. The topological polar surface area (TPSA) is 68.5 Å². The van der Waals surface area contributed by atoms with Crippen molar-refractivity contribution in [3.05, 3.63) is 78.8 Å². The third kappa shape index (κ3) is 3.74. The minimum Gasteiger partial charge on any atom is -0.373 e. The highest BCUT2D eigenvalue weighted by Gasteiger charge is 2.08. The third-order valence-electron chi connectivity index (χ3n) is 4.23. The first-order chi connectivity index (χ1) is 13.7. The van der Waals surface area contributed by atoms with E-state index in [0.29, 0.717) is 0 Å². The van der Waals surface area contributed by atoms with Crippen molar-refractivity contribution in [2.75, 3.05) is 12.4 Å². The van der Waals surface area contributed by atoms with Crippen molar-refractivity contribution in [1.29, 1.82) is 0 Å². The third-order valence-corrected chi connectivity index (χ3v) is 4.23. The zero-order chi connectivity index (χ0) is 19.3. The molecule has 0 saturated carbocycles. The lowest BCUT2D eigenvalue weighted by Crippen LogP contribution is -1.96. The molecule has 0 atom stereocenters. The van der Waals surface area contributed by atoms with Crippen LogP contribution in [0.2, 0.25) is 0 Å². The Bertz CT molecular complexity index is 1170. The highest BCUT2D eigenvalue weighted by Crippen LogP contribution is 2.26. The molecular formula is C22H18N6. The van der Waals surface area contributed by atoms with E-state index >= 15 is 0 Å². The second kappa shape index (κ2) is 7.72. The Labute approximate surface area is 163 Å². The van der Waals surface area contributed by atoms with Gasteiger partial charge in [-0.15, -0.1) is 0 Å². The van der Waals surface area contributed by atoms with Crippen LogP contribution in [-0.4, -0.2) is 31.6 Å². The van der Waals surface area contributed by atoms with Gasteiger partial charge in [0.15, 0.2) is 0 Å². The monoisotopic (exact) mass is 366 g/mol. The van der Waals surface area contributed by atoms with Crippen LogP contribution >= 0.6 is 0 Å². The average molecular weight is 366 g/mol. The second-order valence-electron chi connectivity index (χ2n) is 6.19. The van der Waals surface area contributed by atoms with Gasteiger partial charge >= 0.3 is 0 Å². The number of rotatable bonds is 3. The summed E-state index contributed by atoms with van der Waals surface area (Å²) in [6.45, 7) is 0. The Kier molecular flexibility index (Phi) is 4.81. The lowest BCUT2D eigenvalue weighted by Gasteiger charge is -2.09. The van der Waals surface area contributed by atoms with Crippen LogP contribution in [0.25, 0.3) is 22.5 Å². The lowest BCUT2D eigenvalue weighted by atomic mass is 10.0. The molecule has 0 aromatic carbocycles. The van der Waals surface area contributed by atoms with E-state index in [-0.39, 0.29) is 0 Å². The average Bonchev–Trinajstić information content (AvgIpc) is 3.17. The number of hydrogen-bond donors (Lipinski definition) is 1. The van der Waals surface area contributed by atoms with E-state index in [2.05, 4.69) is 37.1 Å². The fraction of sp³-hybridized carbons (Fsp3) is 0.0909. The summed E-state index contributed by atoms with van der Waals surface area (Å²) >= 11 is 0. The van der Waals surface area contributed by atoms with Crippen molar-refractivity contribution < 1.29 is 0 Å². The number of nitrogens with zero attached hydrogens (tertiary/aromatic N) is 5. The van der Waals surface area contributed by atoms with E-state index in [4.69, 9.17) is 0 Å². The molecule has 0 amide bonds. The van der Waals surface area contributed by atoms with Crippen LogP contribution in [0.3, 0.4) is 0 Å². The summed E-state index contributed by atoms with van der Waals surface area (Å²) in [6, 6.07) is 11.8. The highest BCUT2D eigenvalue weighted by molar-refractivity contribution is 5.73. The summed E-state index contributed by atoms with van der Waals surface area (Å²) in [7, 11) is 3.77. The molecule has 4 aromatic rings. The summed E-state index contributed by atoms with van der Waals surface area (Å²) in [5, 5.41) is 3.11. The SMILES string of the molecule is CNc1cc(-c2cncc(C#Cc3cncn3C)c2)cc(-c2ccccn2)n1. The first kappa shape index (κ1) is 17.4. The molecule has 4 aromatic heterocycles. The summed E-state index contributed by atoms with van der Waals surface area (Å²) in [5.74, 6) is 7.05. The number of hydrogen-bond acceptors (Lipinski definition) is 5. The van der Waals surface area contributed by atoms with Gasteiger partial charge in [0, 0.05) is 43.8 Å². The van der Waals surface area contributed by atoms with Crippen LogP contribution in [0.1, 0.15) is 11.3 Å². The van der Waals surface area contributed by atoms with Crippen molar-refractivity contribution >= 4 is 5.82 Å². The number of aryl methyl sites for hydroxylation is 1. The van der Waals surface area contributed by atoms with Crippen LogP contribution in [-0.2, 0) is 7.05 Å². The Morgan fingerprint density at radius 3 is 2.61 bits per heavy atom. The maximum absolute atomic E-state index is 4.62. The van der Waals surface area contributed by atoms with Gasteiger partial charge in [0.25, 0.3) is 0 Å². The number of anilines is 1. The predicted molar refractivity (Wildman–Crippen MR) is 109 cm³/mol. The zero-order valence-corrected chi connectivity index (χ0v) is 15.6. The Morgan fingerprint density at radius 2 is 1.86 bits per heavy atom. The molecular weight excluding hydrogens is 348 g/mol. The Balaban J connectivity index is 1.73. The van der Waals surface area contributed by atoms with Crippen molar-refractivity contribution in [3.8, 4) is 34.4 Å². The Morgan fingerprint density at radius 1 is 0.929 bits per heavy atom. The first-order valence-electron chi connectivity index (χ1n) is 8.78. The van der Waals surface area contributed by atoms with Gasteiger partial charge in [0.05, 0.1) is 23.9 Å². The summed E-state index contributed by atoms with van der Waals surface area (Å²) in [4.78, 5) is 17.5. The number of pyridine rings is 3. The van der Waals surface area contributed by atoms with Crippen LogP contribution in [0.5, 0.6) is 0 Å². The molecule has 6 heteroatoms. The van der Waals surface area contributed by atoms with Gasteiger partial charge in [-0.25, -0.2) is 9.97 Å². The first-order valence-corrected chi connectivity index (χ1v) is 8.78. The quantitative estimate of drug-likeness (QED) is 0.563. The van der Waals surface area contributed by atoms with E-state index in [0.717, 1.165) is 39.6 Å². The number of nitrogens with one attached hydrogen (secondary N) is 1. The molecule has 1 N–H and O–H groups in total. The van der Waals surface area contributed by atoms with E-state index in [9.17, 15) is 0 Å². The van der Waals surface area contributed by atoms with Crippen LogP contribution in [0.15, 0.2) is 67.5 Å². The molecule has 0 aliphatic carbocycles. The van der Waals surface area contributed by atoms with E-state index in [1.165, 1.54) is 0 Å². The zero-order valence-electron chi connectivity index (χ0n) is 15.6. The molecule has 0 aliphatic heterocycles. The van der Waals surface area contributed by atoms with Gasteiger partial charge in [-0.05, 0) is 41.8 Å². The number of aromatic nitrogens is 5. The van der Waals surface area contributed by atoms with Gasteiger partial charge in [-0.3, -0.25) is 9.97 Å². The lowest BCUT2D eigenvalue weighted by molar-refractivity contribution is 0.899. The molecule has 0 fully saturated rings. The normalized spacial score (nSPS) is 10.2. The smallest absolute Gasteiger partial charge is 0.127 e. The number of imidazole rings is 1. The van der Waals surface area contributed by atoms with Gasteiger partial charge in [0.2, 0.25) is 0 Å².